The second kappa shape index (κ2) is 22.7. The van der Waals surface area contributed by atoms with Crippen molar-refractivity contribution in [3.05, 3.63) is 94.1 Å². The van der Waals surface area contributed by atoms with Gasteiger partial charge in [0.2, 0.25) is 0 Å². The van der Waals surface area contributed by atoms with Gasteiger partial charge in [0.05, 0.1) is 47.8 Å². The number of hydrogen-bond donors (Lipinski definition) is 12. The van der Waals surface area contributed by atoms with Gasteiger partial charge in [0, 0.05) is 54.6 Å². The van der Waals surface area contributed by atoms with E-state index < -0.39 is 72.1 Å². The average Bonchev–Trinajstić information content (AvgIpc) is 3.12. The zero-order valence-electron chi connectivity index (χ0n) is 32.2. The summed E-state index contributed by atoms with van der Waals surface area (Å²) < 4.78 is 0. The monoisotopic (exact) mass is 806 g/mol. The van der Waals surface area contributed by atoms with Crippen LogP contribution in [0.2, 0.25) is 0 Å². The Morgan fingerprint density at radius 3 is 1.54 bits per heavy atom. The number of allylic oxidation sites excluding steroid dienone is 2. The van der Waals surface area contributed by atoms with E-state index in [1.54, 1.807) is 57.2 Å². The van der Waals surface area contributed by atoms with Gasteiger partial charge < -0.3 is 61.3 Å². The van der Waals surface area contributed by atoms with E-state index >= 15 is 0 Å². The molecule has 0 aromatic heterocycles. The van der Waals surface area contributed by atoms with Crippen molar-refractivity contribution in [2.45, 2.75) is 103 Å². The van der Waals surface area contributed by atoms with Crippen molar-refractivity contribution in [3.63, 3.8) is 0 Å². The summed E-state index contributed by atoms with van der Waals surface area (Å²) in [6, 6.07) is 6.75. The fraction of sp³-hybridized carbons (Fsp3) is 0.475. The highest BCUT2D eigenvalue weighted by molar-refractivity contribution is 5.90. The van der Waals surface area contributed by atoms with Crippen molar-refractivity contribution in [1.82, 2.24) is 0 Å². The molecule has 1 fully saturated rings. The van der Waals surface area contributed by atoms with Gasteiger partial charge in [-0.15, -0.1) is 0 Å². The van der Waals surface area contributed by atoms with Gasteiger partial charge in [-0.3, -0.25) is 0 Å². The van der Waals surface area contributed by atoms with Gasteiger partial charge in [0.25, 0.3) is 0 Å². The van der Waals surface area contributed by atoms with E-state index in [2.05, 4.69) is 0 Å². The van der Waals surface area contributed by atoms with Crippen molar-refractivity contribution < 1.29 is 85.3 Å². The number of aliphatic carboxylic acids is 4. The predicted octanol–water partition coefficient (Wildman–Crippen LogP) is 1.68. The summed E-state index contributed by atoms with van der Waals surface area (Å²) >= 11 is 0. The van der Waals surface area contributed by atoms with E-state index in [1.165, 1.54) is 24.3 Å². The molecule has 1 saturated carbocycles. The second-order valence-electron chi connectivity index (χ2n) is 14.3. The summed E-state index contributed by atoms with van der Waals surface area (Å²) in [7, 11) is 0. The molecule has 0 saturated heterocycles. The summed E-state index contributed by atoms with van der Waals surface area (Å²) in [4.78, 5) is 52.1. The first-order valence-electron chi connectivity index (χ1n) is 17.8. The molecular formula is C40H54O17. The number of aryl methyl sites for hydroxylation is 1. The first-order chi connectivity index (χ1) is 26.3. The molecular weight excluding hydrogens is 752 g/mol. The molecule has 0 spiro atoms. The molecule has 57 heavy (non-hydrogen) atoms. The highest BCUT2D eigenvalue weighted by Crippen LogP contribution is 2.32. The Hall–Kier alpha value is -5.01. The fourth-order valence-electron chi connectivity index (χ4n) is 5.34. The molecule has 1 aromatic carbocycles. The SMILES string of the molecule is CC1=CC=C(C(=O)O)CC1O.CC1C(O)C=C(C(=O)O)CC1O.CC1C(O)CC(O)(C(=O)O)CC1O.CC1C=CC(C(=O)O)=CC1O.Cc1ccc(C(=O)O)cc1. The molecule has 12 N–H and O–H groups in total. The van der Waals surface area contributed by atoms with Gasteiger partial charge in [0.15, 0.2) is 5.60 Å². The minimum Gasteiger partial charge on any atom is -0.479 e. The molecule has 5 rings (SSSR count). The van der Waals surface area contributed by atoms with Crippen LogP contribution in [-0.2, 0) is 19.2 Å². The third-order valence-corrected chi connectivity index (χ3v) is 9.70. The topological polar surface area (TPSA) is 328 Å². The third kappa shape index (κ3) is 16.2. The first-order valence-corrected chi connectivity index (χ1v) is 17.8. The van der Waals surface area contributed by atoms with E-state index in [9.17, 15) is 59.7 Å². The lowest BCUT2D eigenvalue weighted by molar-refractivity contribution is -0.177. The number of carboxylic acids is 5. The Balaban J connectivity index is 0.000000357. The van der Waals surface area contributed by atoms with E-state index in [4.69, 9.17) is 25.5 Å². The number of carbonyl (C=O) groups is 5. The number of aliphatic hydroxyl groups is 7. The smallest absolute Gasteiger partial charge is 0.335 e. The van der Waals surface area contributed by atoms with E-state index in [1.807, 2.05) is 13.8 Å². The van der Waals surface area contributed by atoms with Crippen LogP contribution in [0.5, 0.6) is 0 Å². The standard InChI is InChI=1S/C8H14O5.C8H12O4.2C8H10O3.C8H8O2/c1-4-5(9)2-8(13,7(11)12)3-6(4)10;1-4-6(9)2-5(8(11)12)3-7(4)10;2*1-5-2-3-6(8(10)11)4-7(5)9;1-6-2-4-7(5-3-6)8(9)10/h4-6,9-10,13H,2-3H2,1H3,(H,11,12);2,4,6-7,9-10H,3H2,1H3,(H,11,12);2-3,7,9H,4H2,1H3,(H,10,11);2-5,7,9H,1H3,(H,10,11);2-5H,1H3,(H,9,10). The van der Waals surface area contributed by atoms with Crippen molar-refractivity contribution in [2.75, 3.05) is 0 Å². The summed E-state index contributed by atoms with van der Waals surface area (Å²) in [6.45, 7) is 8.84. The number of aromatic carboxylic acids is 1. The first kappa shape index (κ1) is 50.0. The zero-order chi connectivity index (χ0) is 43.9. The van der Waals surface area contributed by atoms with Gasteiger partial charge in [0.1, 0.15) is 0 Å². The van der Waals surface area contributed by atoms with Crippen LogP contribution in [0.4, 0.5) is 0 Å². The van der Waals surface area contributed by atoms with Crippen LogP contribution in [0.15, 0.2) is 83.0 Å². The van der Waals surface area contributed by atoms with E-state index in [0.29, 0.717) is 5.56 Å². The van der Waals surface area contributed by atoms with Crippen LogP contribution in [0, 0.1) is 24.7 Å². The molecule has 316 valence electrons. The number of benzene rings is 1. The normalized spacial score (nSPS) is 30.1. The third-order valence-electron chi connectivity index (χ3n) is 9.70. The lowest BCUT2D eigenvalue weighted by Crippen LogP contribution is -2.52. The Labute approximate surface area is 329 Å². The molecule has 17 nitrogen and oxygen atoms in total. The van der Waals surface area contributed by atoms with Crippen LogP contribution < -0.4 is 0 Å². The Morgan fingerprint density at radius 2 is 1.14 bits per heavy atom. The molecule has 17 heteroatoms. The van der Waals surface area contributed by atoms with Gasteiger partial charge in [-0.1, -0.05) is 62.8 Å². The Morgan fingerprint density at radius 1 is 0.614 bits per heavy atom. The number of carboxylic acid groups (broad SMARTS) is 5. The van der Waals surface area contributed by atoms with Gasteiger partial charge in [-0.25, -0.2) is 24.0 Å². The Kier molecular flexibility index (Phi) is 19.9. The molecule has 0 radical (unpaired) electrons. The lowest BCUT2D eigenvalue weighted by atomic mass is 9.76. The van der Waals surface area contributed by atoms with Crippen LogP contribution in [0.25, 0.3) is 0 Å². The molecule has 0 aliphatic heterocycles. The van der Waals surface area contributed by atoms with Crippen molar-refractivity contribution in [3.8, 4) is 0 Å². The molecule has 8 atom stereocenters. The molecule has 4 aliphatic carbocycles. The summed E-state index contributed by atoms with van der Waals surface area (Å²) in [5.41, 5.74) is 0.767. The van der Waals surface area contributed by atoms with Crippen LogP contribution in [0.3, 0.4) is 0 Å². The second-order valence-corrected chi connectivity index (χ2v) is 14.3. The van der Waals surface area contributed by atoms with Gasteiger partial charge in [-0.05, 0) is 43.7 Å². The lowest BCUT2D eigenvalue weighted by Gasteiger charge is -2.38. The average molecular weight is 807 g/mol. The maximum Gasteiger partial charge on any atom is 0.335 e. The molecule has 0 amide bonds. The molecule has 4 aliphatic rings. The molecule has 1 aromatic rings. The fourth-order valence-corrected chi connectivity index (χ4v) is 5.34. The van der Waals surface area contributed by atoms with Crippen molar-refractivity contribution in [1.29, 1.82) is 0 Å². The van der Waals surface area contributed by atoms with E-state index in [0.717, 1.165) is 11.1 Å². The highest BCUT2D eigenvalue weighted by Gasteiger charge is 2.47. The minimum atomic E-state index is -1.98. The predicted molar refractivity (Wildman–Crippen MR) is 203 cm³/mol. The Bertz CT molecular complexity index is 1710. The van der Waals surface area contributed by atoms with Gasteiger partial charge >= 0.3 is 29.8 Å². The van der Waals surface area contributed by atoms with Crippen molar-refractivity contribution >= 4 is 29.8 Å². The highest BCUT2D eigenvalue weighted by atomic mass is 16.4. The molecule has 0 bridgehead atoms. The minimum absolute atomic E-state index is 0.0121. The number of aliphatic hydroxyl groups excluding tert-OH is 6. The quantitative estimate of drug-likeness (QED) is 0.201. The summed E-state index contributed by atoms with van der Waals surface area (Å²) in [5, 5.41) is 108. The van der Waals surface area contributed by atoms with Crippen LogP contribution in [0.1, 0.15) is 69.3 Å². The van der Waals surface area contributed by atoms with Crippen LogP contribution in [-0.4, -0.2) is 133 Å². The summed E-state index contributed by atoms with van der Waals surface area (Å²) in [5.74, 6) is -5.94. The van der Waals surface area contributed by atoms with Crippen LogP contribution >= 0.6 is 0 Å². The molecule has 0 heterocycles. The zero-order valence-corrected chi connectivity index (χ0v) is 32.2. The van der Waals surface area contributed by atoms with Gasteiger partial charge in [-0.2, -0.15) is 0 Å². The largest absolute Gasteiger partial charge is 0.479 e. The maximum absolute atomic E-state index is 10.6. The van der Waals surface area contributed by atoms with Crippen molar-refractivity contribution in [2.24, 2.45) is 17.8 Å². The maximum atomic E-state index is 10.6. The number of rotatable bonds is 5. The number of hydrogen-bond acceptors (Lipinski definition) is 12. The molecule has 8 unspecified atom stereocenters. The van der Waals surface area contributed by atoms with E-state index in [-0.39, 0.29) is 60.2 Å². The summed E-state index contributed by atoms with van der Waals surface area (Å²) in [6.07, 6.45) is 4.09.